The average molecular weight is 98.0 g/mol. The minimum Gasteiger partial charge on any atom is -1.00 e. The Morgan fingerprint density at radius 3 is 2.00 bits per heavy atom. The Hall–Kier alpha value is 0.140. The molecule has 1 N–H and O–H groups in total. The smallest absolute Gasteiger partial charge is 1.00 e. The van der Waals surface area contributed by atoms with Gasteiger partial charge in [-0.25, -0.2) is 4.79 Å². The molecule has 0 aromatic carbocycles. The molecule has 0 radical (unpaired) electrons. The van der Waals surface area contributed by atoms with E-state index < -0.39 is 5.97 Å². The van der Waals surface area contributed by atoms with Crippen molar-refractivity contribution in [3.63, 3.8) is 0 Å². The zero-order chi connectivity index (χ0) is 4.28. The van der Waals surface area contributed by atoms with E-state index in [1.807, 2.05) is 0 Å². The zero-order valence-electron chi connectivity index (χ0n) is 4.34. The van der Waals surface area contributed by atoms with Gasteiger partial charge in [-0.2, -0.15) is 0 Å². The molecule has 30 valence electrons. The van der Waals surface area contributed by atoms with E-state index >= 15 is 0 Å². The van der Waals surface area contributed by atoms with Crippen molar-refractivity contribution < 1.29 is 45.7 Å². The maximum absolute atomic E-state index is 9.00. The van der Waals surface area contributed by atoms with E-state index in [1.54, 1.807) is 0 Å². The number of carbonyl (C=O) groups excluding carboxylic acids is 1. The summed E-state index contributed by atoms with van der Waals surface area (Å²) in [5.41, 5.74) is 0. The van der Waals surface area contributed by atoms with Gasteiger partial charge in [-0.05, 0) is 0 Å². The Morgan fingerprint density at radius 1 is 1.83 bits per heavy atom. The molecule has 0 fully saturated rings. The molecule has 0 aliphatic carbocycles. The molecule has 0 saturated heterocycles. The fourth-order valence-electron chi connectivity index (χ4n) is 0. The molecule has 0 heterocycles. The molecule has 0 aliphatic rings. The topological polar surface area (TPSA) is 54.4 Å². The second kappa shape index (κ2) is 5.14. The van der Waals surface area contributed by atoms with E-state index in [2.05, 4.69) is 0 Å². The van der Waals surface area contributed by atoms with E-state index in [-0.39, 0.29) is 37.3 Å². The largest absolute Gasteiger partial charge is 1.00 e. The van der Waals surface area contributed by atoms with Crippen molar-refractivity contribution >= 4 is 12.3 Å². The van der Waals surface area contributed by atoms with Crippen LogP contribution in [-0.4, -0.2) is 17.4 Å². The molecule has 0 bridgehead atoms. The number of carbonyl (C=O) groups is 2. The molecule has 0 saturated carbocycles. The van der Waals surface area contributed by atoms with Crippen LogP contribution in [0.15, 0.2) is 0 Å². The molecule has 6 heavy (non-hydrogen) atoms. The van der Waals surface area contributed by atoms with Crippen LogP contribution in [0.4, 0.5) is 0 Å². The summed E-state index contributed by atoms with van der Waals surface area (Å²) in [4.78, 5) is 17.9. The molecule has 3 nitrogen and oxygen atoms in total. The van der Waals surface area contributed by atoms with Crippen molar-refractivity contribution in [3.05, 3.63) is 0 Å². The molecule has 0 atom stereocenters. The zero-order valence-corrected chi connectivity index (χ0v) is 5.34. The first-order chi connectivity index (χ1) is 2.27. The summed E-state index contributed by atoms with van der Waals surface area (Å²) in [6.07, 6.45) is -0.167. The van der Waals surface area contributed by atoms with Crippen molar-refractivity contribution in [1.29, 1.82) is 0 Å². The number of aldehydes is 1. The van der Waals surface area contributed by atoms with Crippen molar-refractivity contribution in [3.8, 4) is 0 Å². The number of carboxylic acids is 1. The van der Waals surface area contributed by atoms with Crippen molar-refractivity contribution in [2.75, 3.05) is 0 Å². The number of aliphatic carboxylic acids is 1. The Morgan fingerprint density at radius 2 is 2.00 bits per heavy atom. The molecule has 0 unspecified atom stereocenters. The van der Waals surface area contributed by atoms with Gasteiger partial charge >= 0.3 is 35.5 Å². The second-order valence-electron chi connectivity index (χ2n) is 0.456. The van der Waals surface area contributed by atoms with Gasteiger partial charge in [0.15, 0.2) is 0 Å². The third kappa shape index (κ3) is 8.91. The molecule has 0 aliphatic heterocycles. The predicted octanol–water partition coefficient (Wildman–Crippen LogP) is -3.61. The summed E-state index contributed by atoms with van der Waals surface area (Å²) in [6.45, 7) is 0. The maximum atomic E-state index is 9.00. The first-order valence-electron chi connectivity index (χ1n) is 0.952. The summed E-state index contributed by atoms with van der Waals surface area (Å²) in [5, 5.41) is 7.35. The molecule has 4 heteroatoms. The minimum absolute atomic E-state index is 0. The van der Waals surface area contributed by atoms with Crippen molar-refractivity contribution in [2.45, 2.75) is 0 Å². The molecule has 0 aromatic heterocycles. The van der Waals surface area contributed by atoms with E-state index in [9.17, 15) is 0 Å². The monoisotopic (exact) mass is 98.0 g/mol. The van der Waals surface area contributed by atoms with Crippen LogP contribution < -0.4 is 29.6 Å². The minimum atomic E-state index is -1.43. The van der Waals surface area contributed by atoms with Crippen LogP contribution in [0.25, 0.3) is 0 Å². The SMILES string of the molecule is O=CC(=O)O.[H-].[Na+]. The molecule has 0 aromatic rings. The fourth-order valence-corrected chi connectivity index (χ4v) is 0. The van der Waals surface area contributed by atoms with Crippen molar-refractivity contribution in [1.82, 2.24) is 0 Å². The Labute approximate surface area is 58.1 Å². The van der Waals surface area contributed by atoms with Gasteiger partial charge in [-0.1, -0.05) is 0 Å². The van der Waals surface area contributed by atoms with Crippen LogP contribution in [0.2, 0.25) is 0 Å². The number of carboxylic acid groups (broad SMARTS) is 1. The van der Waals surface area contributed by atoms with Gasteiger partial charge in [-0.15, -0.1) is 0 Å². The first kappa shape index (κ1) is 9.46. The Kier molecular flexibility index (Phi) is 8.11. The summed E-state index contributed by atoms with van der Waals surface area (Å²) in [7, 11) is 0. The van der Waals surface area contributed by atoms with Crippen LogP contribution in [0.1, 0.15) is 1.43 Å². The van der Waals surface area contributed by atoms with Crippen LogP contribution in [0.3, 0.4) is 0 Å². The summed E-state index contributed by atoms with van der Waals surface area (Å²) < 4.78 is 0. The van der Waals surface area contributed by atoms with Gasteiger partial charge in [0, 0.05) is 0 Å². The van der Waals surface area contributed by atoms with Crippen LogP contribution in [0, 0.1) is 0 Å². The number of rotatable bonds is 1. The normalized spacial score (nSPS) is 5.33. The van der Waals surface area contributed by atoms with Crippen LogP contribution in [-0.2, 0) is 9.59 Å². The standard InChI is InChI=1S/C2H2O3.Na.H/c3-1-2(4)5;;/h1H,(H,4,5);;/q;+1;-1. The molecule has 0 amide bonds. The van der Waals surface area contributed by atoms with E-state index in [1.165, 1.54) is 0 Å². The Bertz CT molecular complexity index is 64.0. The van der Waals surface area contributed by atoms with Gasteiger partial charge in [0.05, 0.1) is 0 Å². The molecular formula is C2H3NaO3. The summed E-state index contributed by atoms with van der Waals surface area (Å²) in [6, 6.07) is 0. The average Bonchev–Trinajstić information content (AvgIpc) is 1.38. The summed E-state index contributed by atoms with van der Waals surface area (Å²) >= 11 is 0. The van der Waals surface area contributed by atoms with E-state index in [0.29, 0.717) is 0 Å². The summed E-state index contributed by atoms with van der Waals surface area (Å²) in [5.74, 6) is -1.43. The molecular weight excluding hydrogens is 95.0 g/mol. The maximum Gasteiger partial charge on any atom is 1.00 e. The number of hydrogen-bond acceptors (Lipinski definition) is 2. The second-order valence-corrected chi connectivity index (χ2v) is 0.456. The van der Waals surface area contributed by atoms with Gasteiger partial charge in [0.1, 0.15) is 0 Å². The first-order valence-corrected chi connectivity index (χ1v) is 0.952. The molecule has 0 spiro atoms. The van der Waals surface area contributed by atoms with Crippen LogP contribution >= 0.6 is 0 Å². The van der Waals surface area contributed by atoms with Gasteiger partial charge in [0.25, 0.3) is 0 Å². The third-order valence-electron chi connectivity index (χ3n) is 0.101. The molecule has 0 rings (SSSR count). The fraction of sp³-hybridized carbons (Fsp3) is 0. The Balaban J connectivity index is -0.0000000800. The van der Waals surface area contributed by atoms with E-state index in [0.717, 1.165) is 0 Å². The van der Waals surface area contributed by atoms with Gasteiger partial charge < -0.3 is 6.53 Å². The van der Waals surface area contributed by atoms with Crippen LogP contribution in [0.5, 0.6) is 0 Å². The van der Waals surface area contributed by atoms with E-state index in [4.69, 9.17) is 14.7 Å². The van der Waals surface area contributed by atoms with Gasteiger partial charge in [0.2, 0.25) is 6.29 Å². The van der Waals surface area contributed by atoms with Crippen molar-refractivity contribution in [2.24, 2.45) is 0 Å². The predicted molar refractivity (Wildman–Crippen MR) is 14.8 cm³/mol. The third-order valence-corrected chi connectivity index (χ3v) is 0.101. The number of hydrogen-bond donors (Lipinski definition) is 1. The van der Waals surface area contributed by atoms with Gasteiger partial charge in [-0.3, -0.25) is 4.79 Å². The quantitative estimate of drug-likeness (QED) is 0.209.